The topological polar surface area (TPSA) is 81.7 Å². The summed E-state index contributed by atoms with van der Waals surface area (Å²) >= 11 is 0. The Morgan fingerprint density at radius 3 is 2.68 bits per heavy atom. The number of phenolic OH excluding ortho intramolecular Hbond substituents is 1. The number of aromatic hydroxyl groups is 1. The van der Waals surface area contributed by atoms with Crippen LogP contribution in [0.3, 0.4) is 0 Å². The number of phenols is 1. The number of urea groups is 1. The maximum absolute atomic E-state index is 12.6. The number of hydrogen-bond acceptors (Lipinski definition) is 3. The molecule has 3 amide bonds. The predicted octanol–water partition coefficient (Wildman–Crippen LogP) is 1.64. The third-order valence-corrected chi connectivity index (χ3v) is 4.03. The van der Waals surface area contributed by atoms with E-state index in [9.17, 15) is 14.7 Å². The van der Waals surface area contributed by atoms with Gasteiger partial charge in [0.2, 0.25) is 0 Å². The summed E-state index contributed by atoms with van der Waals surface area (Å²) in [6.45, 7) is 3.23. The minimum atomic E-state index is -0.469. The van der Waals surface area contributed by atoms with E-state index in [1.54, 1.807) is 29.2 Å². The van der Waals surface area contributed by atoms with E-state index in [1.807, 2.05) is 0 Å². The fourth-order valence-electron chi connectivity index (χ4n) is 2.87. The van der Waals surface area contributed by atoms with E-state index in [4.69, 9.17) is 0 Å². The molecular weight excluding hydrogens is 282 g/mol. The molecule has 0 bridgehead atoms. The lowest BCUT2D eigenvalue weighted by Crippen LogP contribution is -2.44. The summed E-state index contributed by atoms with van der Waals surface area (Å²) in [4.78, 5) is 26.3. The number of benzene rings is 1. The minimum absolute atomic E-state index is 0.0333. The number of rotatable bonds is 4. The molecule has 3 rings (SSSR count). The molecule has 116 valence electrons. The van der Waals surface area contributed by atoms with E-state index >= 15 is 0 Å². The van der Waals surface area contributed by atoms with Crippen molar-refractivity contribution in [1.29, 1.82) is 0 Å². The van der Waals surface area contributed by atoms with Crippen LogP contribution in [0.15, 0.2) is 35.5 Å². The van der Waals surface area contributed by atoms with Gasteiger partial charge in [0.05, 0.1) is 23.9 Å². The molecule has 2 aliphatic rings. The molecule has 2 heterocycles. The van der Waals surface area contributed by atoms with Crippen LogP contribution in [0.25, 0.3) is 0 Å². The summed E-state index contributed by atoms with van der Waals surface area (Å²) in [7, 11) is 0. The zero-order valence-electron chi connectivity index (χ0n) is 12.4. The average Bonchev–Trinajstić information content (AvgIpc) is 2.81. The molecule has 6 heteroatoms. The predicted molar refractivity (Wildman–Crippen MR) is 81.0 cm³/mol. The highest BCUT2D eigenvalue weighted by Crippen LogP contribution is 2.33. The zero-order chi connectivity index (χ0) is 15.7. The van der Waals surface area contributed by atoms with Gasteiger partial charge in [-0.1, -0.05) is 25.5 Å². The lowest BCUT2D eigenvalue weighted by Gasteiger charge is -2.25. The van der Waals surface area contributed by atoms with E-state index in [-0.39, 0.29) is 17.7 Å². The van der Waals surface area contributed by atoms with E-state index in [1.165, 1.54) is 0 Å². The average molecular weight is 301 g/mol. The van der Waals surface area contributed by atoms with Crippen LogP contribution in [0, 0.1) is 0 Å². The highest BCUT2D eigenvalue weighted by atomic mass is 16.3. The molecule has 6 nitrogen and oxygen atoms in total. The maximum atomic E-state index is 12.6. The largest absolute Gasteiger partial charge is 0.508 e. The molecule has 1 unspecified atom stereocenters. The summed E-state index contributed by atoms with van der Waals surface area (Å²) in [5.41, 5.74) is 2.06. The molecule has 0 saturated carbocycles. The Balaban J connectivity index is 1.90. The van der Waals surface area contributed by atoms with Crippen LogP contribution in [0.1, 0.15) is 31.4 Å². The quantitative estimate of drug-likeness (QED) is 0.791. The van der Waals surface area contributed by atoms with Gasteiger partial charge in [0, 0.05) is 6.54 Å². The Morgan fingerprint density at radius 1 is 1.27 bits per heavy atom. The van der Waals surface area contributed by atoms with Gasteiger partial charge in [0.15, 0.2) is 0 Å². The van der Waals surface area contributed by atoms with Crippen molar-refractivity contribution in [2.75, 3.05) is 13.1 Å². The highest BCUT2D eigenvalue weighted by Gasteiger charge is 2.39. The van der Waals surface area contributed by atoms with Gasteiger partial charge in [-0.2, -0.15) is 0 Å². The molecule has 1 aromatic carbocycles. The van der Waals surface area contributed by atoms with Crippen molar-refractivity contribution in [3.8, 4) is 5.75 Å². The molecule has 3 N–H and O–H groups in total. The number of unbranched alkanes of at least 4 members (excludes halogenated alkanes) is 1. The molecule has 22 heavy (non-hydrogen) atoms. The van der Waals surface area contributed by atoms with Crippen LogP contribution in [0.2, 0.25) is 0 Å². The fraction of sp³-hybridized carbons (Fsp3) is 0.375. The van der Waals surface area contributed by atoms with Gasteiger partial charge in [-0.25, -0.2) is 4.79 Å². The number of carbonyl (C=O) groups excluding carboxylic acids is 2. The summed E-state index contributed by atoms with van der Waals surface area (Å²) in [5, 5.41) is 14.9. The van der Waals surface area contributed by atoms with Crippen molar-refractivity contribution in [2.24, 2.45) is 0 Å². The van der Waals surface area contributed by atoms with E-state index in [0.717, 1.165) is 18.4 Å². The summed E-state index contributed by atoms with van der Waals surface area (Å²) < 4.78 is 0. The van der Waals surface area contributed by atoms with Crippen molar-refractivity contribution in [2.45, 2.75) is 25.8 Å². The van der Waals surface area contributed by atoms with Crippen molar-refractivity contribution >= 4 is 11.9 Å². The van der Waals surface area contributed by atoms with E-state index in [2.05, 4.69) is 17.6 Å². The molecule has 0 aliphatic carbocycles. The normalized spacial score (nSPS) is 20.8. The van der Waals surface area contributed by atoms with Gasteiger partial charge in [-0.3, -0.25) is 4.79 Å². The fourth-order valence-corrected chi connectivity index (χ4v) is 2.87. The summed E-state index contributed by atoms with van der Waals surface area (Å²) in [6, 6.07) is 5.78. The van der Waals surface area contributed by atoms with Crippen molar-refractivity contribution < 1.29 is 14.7 Å². The highest BCUT2D eigenvalue weighted by molar-refractivity contribution is 6.01. The summed E-state index contributed by atoms with van der Waals surface area (Å²) in [5.74, 6) is 0.120. The van der Waals surface area contributed by atoms with Gasteiger partial charge in [-0.15, -0.1) is 0 Å². The Hall–Kier alpha value is -2.50. The van der Waals surface area contributed by atoms with Gasteiger partial charge in [-0.05, 0) is 24.1 Å². The third-order valence-electron chi connectivity index (χ3n) is 4.03. The molecule has 0 radical (unpaired) electrons. The number of carbonyl (C=O) groups is 2. The molecule has 0 spiro atoms. The SMILES string of the molecule is CCCCN1CC2=C(C1=O)C(c1ccc(O)cc1)NC(=O)N2. The maximum Gasteiger partial charge on any atom is 0.319 e. The Labute approximate surface area is 128 Å². The lowest BCUT2D eigenvalue weighted by atomic mass is 9.96. The van der Waals surface area contributed by atoms with Crippen LogP contribution < -0.4 is 10.6 Å². The molecule has 0 saturated heterocycles. The molecule has 2 aliphatic heterocycles. The zero-order valence-corrected chi connectivity index (χ0v) is 12.4. The second kappa shape index (κ2) is 5.71. The number of amides is 3. The molecule has 0 fully saturated rings. The number of hydrogen-bond donors (Lipinski definition) is 3. The van der Waals surface area contributed by atoms with Crippen LogP contribution in [0.4, 0.5) is 4.79 Å². The first-order valence-electron chi connectivity index (χ1n) is 7.49. The Morgan fingerprint density at radius 2 is 2.00 bits per heavy atom. The molecule has 1 atom stereocenters. The first-order valence-corrected chi connectivity index (χ1v) is 7.49. The summed E-state index contributed by atoms with van der Waals surface area (Å²) in [6.07, 6.45) is 1.96. The van der Waals surface area contributed by atoms with Crippen LogP contribution in [0.5, 0.6) is 5.75 Å². The molecule has 1 aromatic rings. The molecule has 0 aromatic heterocycles. The first kappa shape index (κ1) is 14.4. The second-order valence-electron chi connectivity index (χ2n) is 5.60. The Bertz CT molecular complexity index is 637. The lowest BCUT2D eigenvalue weighted by molar-refractivity contribution is -0.125. The Kier molecular flexibility index (Phi) is 3.75. The van der Waals surface area contributed by atoms with Gasteiger partial charge in [0.1, 0.15) is 5.75 Å². The minimum Gasteiger partial charge on any atom is -0.508 e. The second-order valence-corrected chi connectivity index (χ2v) is 5.60. The van der Waals surface area contributed by atoms with Crippen molar-refractivity contribution in [3.05, 3.63) is 41.1 Å². The van der Waals surface area contributed by atoms with E-state index < -0.39 is 6.04 Å². The number of nitrogens with zero attached hydrogens (tertiary/aromatic N) is 1. The monoisotopic (exact) mass is 301 g/mol. The van der Waals surface area contributed by atoms with Crippen molar-refractivity contribution in [1.82, 2.24) is 15.5 Å². The third kappa shape index (κ3) is 2.52. The van der Waals surface area contributed by atoms with Crippen LogP contribution >= 0.6 is 0 Å². The van der Waals surface area contributed by atoms with Gasteiger partial charge in [0.25, 0.3) is 5.91 Å². The van der Waals surface area contributed by atoms with Crippen LogP contribution in [-0.2, 0) is 4.79 Å². The van der Waals surface area contributed by atoms with E-state index in [0.29, 0.717) is 24.4 Å². The van der Waals surface area contributed by atoms with Crippen LogP contribution in [-0.4, -0.2) is 35.0 Å². The standard InChI is InChI=1S/C16H19N3O3/c1-2-3-8-19-9-12-13(15(19)21)14(18-16(22)17-12)10-4-6-11(20)7-5-10/h4-7,14,20H,2-3,8-9H2,1H3,(H2,17,18,22). The molecular formula is C16H19N3O3. The first-order chi connectivity index (χ1) is 10.6. The van der Waals surface area contributed by atoms with Gasteiger partial charge >= 0.3 is 6.03 Å². The number of nitrogens with one attached hydrogen (secondary N) is 2. The van der Waals surface area contributed by atoms with Crippen molar-refractivity contribution in [3.63, 3.8) is 0 Å². The smallest absolute Gasteiger partial charge is 0.319 e. The van der Waals surface area contributed by atoms with Gasteiger partial charge < -0.3 is 20.6 Å².